The molecule has 43 heavy (non-hydrogen) atoms. The maximum absolute atomic E-state index is 7.39. The van der Waals surface area contributed by atoms with Crippen molar-refractivity contribution in [2.24, 2.45) is 5.92 Å². The van der Waals surface area contributed by atoms with Crippen molar-refractivity contribution in [3.8, 4) is 17.2 Å². The van der Waals surface area contributed by atoms with Crippen LogP contribution >= 0.6 is 0 Å². The Morgan fingerprint density at radius 2 is 1.56 bits per heavy atom. The molecule has 0 radical (unpaired) electrons. The van der Waals surface area contributed by atoms with Crippen molar-refractivity contribution in [3.63, 3.8) is 0 Å². The average Bonchev–Trinajstić information content (AvgIpc) is 3.05. The van der Waals surface area contributed by atoms with Crippen LogP contribution in [0.3, 0.4) is 0 Å². The largest absolute Gasteiger partial charge is 0.486 e. The molecule has 0 fully saturated rings. The monoisotopic (exact) mass is 580 g/mol. The fourth-order valence-corrected chi connectivity index (χ4v) is 6.79. The smallest absolute Gasteiger partial charge is 0.162 e. The van der Waals surface area contributed by atoms with Crippen LogP contribution in [0.5, 0.6) is 17.2 Å². The van der Waals surface area contributed by atoms with Gasteiger partial charge in [-0.2, -0.15) is 0 Å². The van der Waals surface area contributed by atoms with Crippen molar-refractivity contribution in [1.29, 1.82) is 0 Å². The van der Waals surface area contributed by atoms with E-state index in [1.807, 2.05) is 0 Å². The fraction of sp³-hybridized carbons (Fsp3) is 0.405. The SMILES string of the molecule is CCN(CC)C1=CCC(C2(c3ccc(N(CC)CC)cc3)C=Cc3c(COC)cc4cc5c(cc4c3O2)OCCO5)C=C1. The van der Waals surface area contributed by atoms with Gasteiger partial charge >= 0.3 is 0 Å². The van der Waals surface area contributed by atoms with Crippen LogP contribution < -0.4 is 19.1 Å². The van der Waals surface area contributed by atoms with Gasteiger partial charge in [0.25, 0.3) is 0 Å². The van der Waals surface area contributed by atoms with Gasteiger partial charge in [0.15, 0.2) is 17.1 Å². The molecule has 2 atom stereocenters. The van der Waals surface area contributed by atoms with Crippen LogP contribution in [0.4, 0.5) is 5.69 Å². The van der Waals surface area contributed by atoms with E-state index >= 15 is 0 Å². The normalized spacial score (nSPS) is 20.4. The summed E-state index contributed by atoms with van der Waals surface area (Å²) in [6, 6.07) is 15.3. The van der Waals surface area contributed by atoms with Gasteiger partial charge in [0, 0.05) is 67.1 Å². The van der Waals surface area contributed by atoms with Crippen molar-refractivity contribution < 1.29 is 18.9 Å². The maximum atomic E-state index is 7.39. The zero-order chi connectivity index (χ0) is 30.0. The van der Waals surface area contributed by atoms with Crippen LogP contribution in [0.15, 0.2) is 72.5 Å². The second kappa shape index (κ2) is 12.4. The summed E-state index contributed by atoms with van der Waals surface area (Å²) in [5.41, 5.74) is 5.10. The van der Waals surface area contributed by atoms with E-state index in [1.54, 1.807) is 7.11 Å². The number of likely N-dealkylation sites (N-methyl/N-ethyl adjacent to an activating group) is 1. The zero-order valence-corrected chi connectivity index (χ0v) is 26.2. The second-order valence-corrected chi connectivity index (χ2v) is 11.4. The molecular weight excluding hydrogens is 536 g/mol. The number of fused-ring (bicyclic) bond motifs is 4. The summed E-state index contributed by atoms with van der Waals surface area (Å²) >= 11 is 0. The third kappa shape index (κ3) is 5.27. The van der Waals surface area contributed by atoms with Crippen LogP contribution in [-0.4, -0.2) is 51.4 Å². The van der Waals surface area contributed by atoms with Crippen LogP contribution in [0, 0.1) is 5.92 Å². The summed E-state index contributed by atoms with van der Waals surface area (Å²) in [5.74, 6) is 2.51. The minimum absolute atomic E-state index is 0.105. The van der Waals surface area contributed by atoms with Gasteiger partial charge in [-0.3, -0.25) is 0 Å². The van der Waals surface area contributed by atoms with E-state index in [0.717, 1.165) is 77.3 Å². The van der Waals surface area contributed by atoms with Gasteiger partial charge in [-0.15, -0.1) is 0 Å². The first-order valence-electron chi connectivity index (χ1n) is 15.8. The number of rotatable bonds is 10. The topological polar surface area (TPSA) is 43.4 Å². The van der Waals surface area contributed by atoms with E-state index in [-0.39, 0.29) is 5.92 Å². The molecule has 0 N–H and O–H groups in total. The Balaban J connectivity index is 1.50. The zero-order valence-electron chi connectivity index (χ0n) is 26.2. The Hall–Kier alpha value is -3.90. The third-order valence-corrected chi connectivity index (χ3v) is 9.15. The molecule has 0 spiro atoms. The standard InChI is InChI=1S/C37H44N2O4/c1-6-38(7-2)30-14-10-28(11-15-30)37(29-12-16-31(17-13-29)39(8-3)9-4)19-18-32-27(25-40-5)22-26-23-34-35(42-21-20-41-34)24-33(26)36(32)43-37/h10-12,14-19,22-24,29H,6-9,13,20-21,25H2,1-5H3. The van der Waals surface area contributed by atoms with Crippen LogP contribution in [0.2, 0.25) is 0 Å². The molecule has 6 rings (SSSR count). The van der Waals surface area contributed by atoms with Gasteiger partial charge in [0.05, 0.1) is 6.61 Å². The lowest BCUT2D eigenvalue weighted by molar-refractivity contribution is 0.0717. The van der Waals surface area contributed by atoms with E-state index in [4.69, 9.17) is 18.9 Å². The van der Waals surface area contributed by atoms with E-state index in [9.17, 15) is 0 Å². The molecule has 6 heteroatoms. The van der Waals surface area contributed by atoms with Crippen molar-refractivity contribution in [2.75, 3.05) is 51.4 Å². The number of benzene rings is 3. The van der Waals surface area contributed by atoms with E-state index < -0.39 is 5.60 Å². The summed E-state index contributed by atoms with van der Waals surface area (Å²) in [7, 11) is 1.74. The molecule has 1 aliphatic carbocycles. The average molecular weight is 581 g/mol. The molecule has 0 saturated heterocycles. The van der Waals surface area contributed by atoms with Crippen molar-refractivity contribution in [1.82, 2.24) is 4.90 Å². The highest BCUT2D eigenvalue weighted by Crippen LogP contribution is 2.50. The molecule has 0 aromatic heterocycles. The number of methoxy groups -OCH3 is 1. The third-order valence-electron chi connectivity index (χ3n) is 9.15. The first kappa shape index (κ1) is 29.2. The number of nitrogens with zero attached hydrogens (tertiary/aromatic N) is 2. The van der Waals surface area contributed by atoms with Gasteiger partial charge in [-0.1, -0.05) is 30.4 Å². The number of anilines is 1. The number of hydrogen-bond donors (Lipinski definition) is 0. The molecule has 3 aliphatic rings. The Labute approximate surface area is 256 Å². The highest BCUT2D eigenvalue weighted by molar-refractivity contribution is 5.96. The van der Waals surface area contributed by atoms with Gasteiger partial charge < -0.3 is 28.7 Å². The summed E-state index contributed by atoms with van der Waals surface area (Å²) in [5, 5.41) is 2.07. The van der Waals surface area contributed by atoms with Crippen molar-refractivity contribution in [2.45, 2.75) is 46.3 Å². The number of ether oxygens (including phenoxy) is 4. The van der Waals surface area contributed by atoms with Gasteiger partial charge in [-0.25, -0.2) is 0 Å². The Bertz CT molecular complexity index is 1550. The summed E-state index contributed by atoms with van der Waals surface area (Å²) in [6.45, 7) is 14.3. The minimum Gasteiger partial charge on any atom is -0.486 e. The number of hydrogen-bond acceptors (Lipinski definition) is 6. The predicted molar refractivity (Wildman–Crippen MR) is 175 cm³/mol. The molecule has 2 unspecified atom stereocenters. The quantitative estimate of drug-likeness (QED) is 0.245. The molecule has 3 aromatic rings. The highest BCUT2D eigenvalue weighted by Gasteiger charge is 2.43. The molecule has 0 bridgehead atoms. The van der Waals surface area contributed by atoms with Crippen molar-refractivity contribution in [3.05, 3.63) is 89.2 Å². The summed E-state index contributed by atoms with van der Waals surface area (Å²) in [6.07, 6.45) is 12.4. The Morgan fingerprint density at radius 1 is 0.860 bits per heavy atom. The maximum Gasteiger partial charge on any atom is 0.162 e. The van der Waals surface area contributed by atoms with Gasteiger partial charge in [0.2, 0.25) is 0 Å². The molecular formula is C37H44N2O4. The Kier molecular flexibility index (Phi) is 8.40. The lowest BCUT2D eigenvalue weighted by atomic mass is 9.75. The van der Waals surface area contributed by atoms with Crippen molar-refractivity contribution >= 4 is 22.5 Å². The lowest BCUT2D eigenvalue weighted by Gasteiger charge is -2.42. The Morgan fingerprint density at radius 3 is 2.19 bits per heavy atom. The molecule has 3 aromatic carbocycles. The van der Waals surface area contributed by atoms with E-state index in [0.29, 0.717) is 19.8 Å². The molecule has 2 aliphatic heterocycles. The molecule has 0 saturated carbocycles. The number of allylic oxidation sites excluding steroid dienone is 2. The molecule has 6 nitrogen and oxygen atoms in total. The van der Waals surface area contributed by atoms with Crippen LogP contribution in [0.25, 0.3) is 16.8 Å². The first-order valence-corrected chi connectivity index (χ1v) is 15.8. The molecule has 0 amide bonds. The summed E-state index contributed by atoms with van der Waals surface area (Å²) in [4.78, 5) is 4.78. The first-order chi connectivity index (χ1) is 21.0. The summed E-state index contributed by atoms with van der Waals surface area (Å²) < 4.78 is 25.0. The molecule has 226 valence electrons. The van der Waals surface area contributed by atoms with E-state index in [1.165, 1.54) is 11.4 Å². The van der Waals surface area contributed by atoms with E-state index in [2.05, 4.69) is 110 Å². The predicted octanol–water partition coefficient (Wildman–Crippen LogP) is 7.71. The van der Waals surface area contributed by atoms with Crippen LogP contribution in [-0.2, 0) is 16.9 Å². The van der Waals surface area contributed by atoms with Gasteiger partial charge in [0.1, 0.15) is 19.0 Å². The lowest BCUT2D eigenvalue weighted by Crippen LogP contribution is -2.41. The van der Waals surface area contributed by atoms with Crippen LogP contribution in [0.1, 0.15) is 50.8 Å². The van der Waals surface area contributed by atoms with Gasteiger partial charge in [-0.05, 0) is 87.5 Å². The molecule has 2 heterocycles. The minimum atomic E-state index is -0.692. The highest BCUT2D eigenvalue weighted by atomic mass is 16.6. The fourth-order valence-electron chi connectivity index (χ4n) is 6.79. The second-order valence-electron chi connectivity index (χ2n) is 11.4.